The van der Waals surface area contributed by atoms with Crippen LogP contribution in [0.25, 0.3) is 0 Å². The Labute approximate surface area is 103 Å². The molecule has 1 atom stereocenters. The summed E-state index contributed by atoms with van der Waals surface area (Å²) in [5, 5.41) is 8.71. The van der Waals surface area contributed by atoms with Crippen LogP contribution in [0.5, 0.6) is 0 Å². The van der Waals surface area contributed by atoms with Gasteiger partial charge < -0.3 is 9.84 Å². The van der Waals surface area contributed by atoms with Crippen molar-refractivity contribution in [3.63, 3.8) is 0 Å². The molecule has 1 unspecified atom stereocenters. The van der Waals surface area contributed by atoms with Gasteiger partial charge in [0.25, 0.3) is 0 Å². The largest absolute Gasteiger partial charge is 0.478 e. The fourth-order valence-electron chi connectivity index (χ4n) is 1.71. The number of rotatable bonds is 4. The number of ether oxygens (including phenoxy) is 1. The molecule has 0 bridgehead atoms. The van der Waals surface area contributed by atoms with Crippen LogP contribution in [0.1, 0.15) is 23.2 Å². The van der Waals surface area contributed by atoms with Crippen molar-refractivity contribution in [2.75, 3.05) is 12.4 Å². The minimum atomic E-state index is -1.11. The Hall–Kier alpha value is -1.07. The highest BCUT2D eigenvalue weighted by Crippen LogP contribution is 2.26. The number of carbonyl (C=O) groups is 1. The van der Waals surface area contributed by atoms with E-state index in [9.17, 15) is 9.18 Å². The standard InChI is InChI=1S/C12H13FO3S/c13-10-6-8(12(14)15)3-4-11(10)17-7-9-2-1-5-16-9/h3-4,6,9H,1-2,5,7H2,(H,14,15). The van der Waals surface area contributed by atoms with E-state index in [1.165, 1.54) is 23.9 Å². The van der Waals surface area contributed by atoms with Crippen LogP contribution in [-0.2, 0) is 4.74 Å². The van der Waals surface area contributed by atoms with Gasteiger partial charge in [0.2, 0.25) is 0 Å². The molecule has 1 fully saturated rings. The lowest BCUT2D eigenvalue weighted by atomic mass is 10.2. The van der Waals surface area contributed by atoms with Gasteiger partial charge in [0, 0.05) is 17.3 Å². The number of halogens is 1. The topological polar surface area (TPSA) is 46.5 Å². The third-order valence-corrected chi connectivity index (χ3v) is 3.81. The zero-order chi connectivity index (χ0) is 12.3. The molecule has 1 heterocycles. The molecule has 5 heteroatoms. The molecule has 92 valence electrons. The summed E-state index contributed by atoms with van der Waals surface area (Å²) in [7, 11) is 0. The predicted octanol–water partition coefficient (Wildman–Crippen LogP) is 2.80. The first-order valence-electron chi connectivity index (χ1n) is 5.44. The van der Waals surface area contributed by atoms with Crippen molar-refractivity contribution >= 4 is 17.7 Å². The number of aromatic carboxylic acids is 1. The third kappa shape index (κ3) is 3.20. The van der Waals surface area contributed by atoms with E-state index in [0.29, 0.717) is 10.6 Å². The maximum Gasteiger partial charge on any atom is 0.335 e. The molecular formula is C12H13FO3S. The smallest absolute Gasteiger partial charge is 0.335 e. The van der Waals surface area contributed by atoms with Crippen molar-refractivity contribution in [2.45, 2.75) is 23.8 Å². The summed E-state index contributed by atoms with van der Waals surface area (Å²) in [6.07, 6.45) is 2.27. The number of hydrogen-bond donors (Lipinski definition) is 1. The number of carboxylic acid groups (broad SMARTS) is 1. The Kier molecular flexibility index (Phi) is 4.02. The van der Waals surface area contributed by atoms with Gasteiger partial charge >= 0.3 is 5.97 Å². The lowest BCUT2D eigenvalue weighted by Gasteiger charge is -2.09. The number of benzene rings is 1. The van der Waals surface area contributed by atoms with Gasteiger partial charge in [-0.3, -0.25) is 0 Å². The molecule has 2 rings (SSSR count). The molecule has 0 aliphatic carbocycles. The zero-order valence-electron chi connectivity index (χ0n) is 9.19. The van der Waals surface area contributed by atoms with E-state index in [1.54, 1.807) is 0 Å². The number of thioether (sulfide) groups is 1. The molecule has 1 saturated heterocycles. The molecule has 0 amide bonds. The first kappa shape index (κ1) is 12.4. The van der Waals surface area contributed by atoms with Crippen molar-refractivity contribution < 1.29 is 19.0 Å². The van der Waals surface area contributed by atoms with Crippen LogP contribution in [-0.4, -0.2) is 29.5 Å². The highest BCUT2D eigenvalue weighted by molar-refractivity contribution is 7.99. The Morgan fingerprint density at radius 3 is 3.00 bits per heavy atom. The maximum atomic E-state index is 13.6. The second kappa shape index (κ2) is 5.51. The molecule has 3 nitrogen and oxygen atoms in total. The zero-order valence-corrected chi connectivity index (χ0v) is 10.0. The molecular weight excluding hydrogens is 243 g/mol. The molecule has 0 saturated carbocycles. The molecule has 17 heavy (non-hydrogen) atoms. The highest BCUT2D eigenvalue weighted by atomic mass is 32.2. The average Bonchev–Trinajstić information content (AvgIpc) is 2.80. The summed E-state index contributed by atoms with van der Waals surface area (Å²) in [5.74, 6) is -0.879. The molecule has 1 aromatic carbocycles. The summed E-state index contributed by atoms with van der Waals surface area (Å²) in [6.45, 7) is 0.783. The van der Waals surface area contributed by atoms with Gasteiger partial charge in [0.1, 0.15) is 5.82 Å². The lowest BCUT2D eigenvalue weighted by Crippen LogP contribution is -2.08. The average molecular weight is 256 g/mol. The Bertz CT molecular complexity index is 416. The van der Waals surface area contributed by atoms with Gasteiger partial charge in [-0.1, -0.05) is 0 Å². The summed E-state index contributed by atoms with van der Waals surface area (Å²) in [4.78, 5) is 11.1. The maximum absolute atomic E-state index is 13.6. The van der Waals surface area contributed by atoms with Crippen molar-refractivity contribution in [2.24, 2.45) is 0 Å². The fourth-order valence-corrected chi connectivity index (χ4v) is 2.70. The molecule has 0 aromatic heterocycles. The lowest BCUT2D eigenvalue weighted by molar-refractivity contribution is 0.0696. The van der Waals surface area contributed by atoms with Gasteiger partial charge in [-0.15, -0.1) is 11.8 Å². The fraction of sp³-hybridized carbons (Fsp3) is 0.417. The predicted molar refractivity (Wildman–Crippen MR) is 63.1 cm³/mol. The van der Waals surface area contributed by atoms with Crippen molar-refractivity contribution in [1.82, 2.24) is 0 Å². The second-order valence-corrected chi connectivity index (χ2v) is 4.96. The van der Waals surface area contributed by atoms with Crippen LogP contribution < -0.4 is 0 Å². The minimum Gasteiger partial charge on any atom is -0.478 e. The molecule has 1 aromatic rings. The Balaban J connectivity index is 1.98. The Morgan fingerprint density at radius 1 is 1.59 bits per heavy atom. The van der Waals surface area contributed by atoms with E-state index >= 15 is 0 Å². The van der Waals surface area contributed by atoms with E-state index < -0.39 is 11.8 Å². The molecule has 1 N–H and O–H groups in total. The van der Waals surface area contributed by atoms with Crippen molar-refractivity contribution in [3.8, 4) is 0 Å². The summed E-state index contributed by atoms with van der Waals surface area (Å²) in [5.41, 5.74) is -0.0241. The van der Waals surface area contributed by atoms with Gasteiger partial charge in [-0.2, -0.15) is 0 Å². The van der Waals surface area contributed by atoms with E-state index in [0.717, 1.165) is 25.5 Å². The van der Waals surface area contributed by atoms with E-state index in [4.69, 9.17) is 9.84 Å². The first-order valence-corrected chi connectivity index (χ1v) is 6.42. The van der Waals surface area contributed by atoms with Crippen molar-refractivity contribution in [3.05, 3.63) is 29.6 Å². The highest BCUT2D eigenvalue weighted by Gasteiger charge is 2.17. The van der Waals surface area contributed by atoms with Gasteiger partial charge in [0.05, 0.1) is 11.7 Å². The number of hydrogen-bond acceptors (Lipinski definition) is 3. The molecule has 0 radical (unpaired) electrons. The summed E-state index contributed by atoms with van der Waals surface area (Å²) >= 11 is 1.37. The normalized spacial score (nSPS) is 19.5. The van der Waals surface area contributed by atoms with Gasteiger partial charge in [-0.05, 0) is 31.0 Å². The SMILES string of the molecule is O=C(O)c1ccc(SCC2CCCO2)c(F)c1. The Morgan fingerprint density at radius 2 is 2.41 bits per heavy atom. The van der Waals surface area contributed by atoms with E-state index in [-0.39, 0.29) is 11.7 Å². The summed E-state index contributed by atoms with van der Waals surface area (Å²) in [6, 6.07) is 3.99. The molecule has 1 aliphatic rings. The number of carboxylic acids is 1. The molecule has 1 aliphatic heterocycles. The molecule has 0 spiro atoms. The van der Waals surface area contributed by atoms with Crippen LogP contribution >= 0.6 is 11.8 Å². The second-order valence-electron chi connectivity index (χ2n) is 3.90. The quantitative estimate of drug-likeness (QED) is 0.841. The van der Waals surface area contributed by atoms with E-state index in [2.05, 4.69) is 0 Å². The minimum absolute atomic E-state index is 0.0241. The van der Waals surface area contributed by atoms with Crippen LogP contribution in [0, 0.1) is 5.82 Å². The van der Waals surface area contributed by atoms with E-state index in [1.807, 2.05) is 0 Å². The van der Waals surface area contributed by atoms with Crippen LogP contribution in [0.15, 0.2) is 23.1 Å². The van der Waals surface area contributed by atoms with Crippen LogP contribution in [0.4, 0.5) is 4.39 Å². The summed E-state index contributed by atoms with van der Waals surface area (Å²) < 4.78 is 19.0. The first-order chi connectivity index (χ1) is 8.16. The van der Waals surface area contributed by atoms with Gasteiger partial charge in [-0.25, -0.2) is 9.18 Å². The van der Waals surface area contributed by atoms with Crippen LogP contribution in [0.3, 0.4) is 0 Å². The monoisotopic (exact) mass is 256 g/mol. The van der Waals surface area contributed by atoms with Gasteiger partial charge in [0.15, 0.2) is 0 Å². The van der Waals surface area contributed by atoms with Crippen molar-refractivity contribution in [1.29, 1.82) is 0 Å². The van der Waals surface area contributed by atoms with Crippen LogP contribution in [0.2, 0.25) is 0 Å². The third-order valence-electron chi connectivity index (χ3n) is 2.63.